The predicted molar refractivity (Wildman–Crippen MR) is 195 cm³/mol. The van der Waals surface area contributed by atoms with Crippen LogP contribution in [0.25, 0.3) is 32.5 Å². The number of nitrogens with zero attached hydrogens (tertiary/aromatic N) is 4. The first-order valence-corrected chi connectivity index (χ1v) is 18.7. The van der Waals surface area contributed by atoms with Crippen LogP contribution in [0.15, 0.2) is 76.2 Å². The predicted octanol–water partition coefficient (Wildman–Crippen LogP) is 6.50. The summed E-state index contributed by atoms with van der Waals surface area (Å²) < 4.78 is 5.36. The van der Waals surface area contributed by atoms with Crippen LogP contribution in [0.5, 0.6) is 0 Å². The number of H-pyrrole nitrogens is 1. The zero-order chi connectivity index (χ0) is 32.3. The van der Waals surface area contributed by atoms with Gasteiger partial charge in [0, 0.05) is 71.1 Å². The standard InChI is InChI=1S/C16H15N3OS2.C12H11NO2S.C5H8N2S/c20-15-14-13(12(10-22-14)11-4-2-1-3-5-11)17-16(18-15)19-6-8-21-9-7-19;1-15-12(14)11-10(13)9(7-16-11)8-5-3-2-4-6-8;6-5-7-1-3-8-4-2-7/h1-5,10H,6-9H2,(H,17,18,20);2-7H,13H2,1H3;1-4H2. The minimum absolute atomic E-state index is 0.0367. The minimum atomic E-state index is -0.385. The molecule has 0 aliphatic carbocycles. The summed E-state index contributed by atoms with van der Waals surface area (Å²) in [6.45, 7) is 3.76. The summed E-state index contributed by atoms with van der Waals surface area (Å²) in [5.74, 6) is 4.72. The Bertz CT molecular complexity index is 1820. The number of nitrogens with two attached hydrogens (primary N) is 1. The lowest BCUT2D eigenvalue weighted by Gasteiger charge is -2.26. The van der Waals surface area contributed by atoms with Gasteiger partial charge in [-0.1, -0.05) is 60.7 Å². The first-order valence-electron chi connectivity index (χ1n) is 14.6. The van der Waals surface area contributed by atoms with Crippen molar-refractivity contribution in [3.05, 3.63) is 86.7 Å². The number of nitrogen functional groups attached to an aromatic ring is 1. The van der Waals surface area contributed by atoms with E-state index < -0.39 is 0 Å². The number of ether oxygens (including phenoxy) is 1. The second-order valence-electron chi connectivity index (χ2n) is 10.1. The van der Waals surface area contributed by atoms with Crippen molar-refractivity contribution in [2.24, 2.45) is 0 Å². The van der Waals surface area contributed by atoms with Gasteiger partial charge in [0.15, 0.2) is 6.19 Å². The molecule has 238 valence electrons. The molecule has 2 aromatic carbocycles. The van der Waals surface area contributed by atoms with Crippen molar-refractivity contribution in [3.8, 4) is 28.4 Å². The molecule has 7 rings (SSSR count). The van der Waals surface area contributed by atoms with Crippen molar-refractivity contribution in [2.75, 3.05) is 66.9 Å². The number of carbonyl (C=O) groups excluding carboxylic acids is 1. The van der Waals surface area contributed by atoms with Crippen LogP contribution in [0.3, 0.4) is 0 Å². The maximum Gasteiger partial charge on any atom is 0.350 e. The molecule has 0 unspecified atom stereocenters. The normalized spacial score (nSPS) is 14.3. The highest BCUT2D eigenvalue weighted by Gasteiger charge is 2.18. The number of rotatable bonds is 4. The molecule has 0 atom stereocenters. The third-order valence-corrected chi connectivity index (χ3v) is 11.1. The fourth-order valence-corrected chi connectivity index (χ4v) is 8.42. The second kappa shape index (κ2) is 16.6. The van der Waals surface area contributed by atoms with E-state index in [0.717, 1.165) is 77.0 Å². The van der Waals surface area contributed by atoms with Gasteiger partial charge in [-0.05, 0) is 11.1 Å². The van der Waals surface area contributed by atoms with Crippen LogP contribution in [-0.2, 0) is 4.74 Å². The third kappa shape index (κ3) is 8.24. The van der Waals surface area contributed by atoms with Crippen LogP contribution in [0.4, 0.5) is 11.6 Å². The van der Waals surface area contributed by atoms with Crippen LogP contribution in [0.2, 0.25) is 0 Å². The molecule has 2 aliphatic rings. The quantitative estimate of drug-likeness (QED) is 0.159. The van der Waals surface area contributed by atoms with Crippen LogP contribution < -0.4 is 16.2 Å². The van der Waals surface area contributed by atoms with E-state index in [0.29, 0.717) is 21.2 Å². The molecule has 46 heavy (non-hydrogen) atoms. The maximum absolute atomic E-state index is 12.4. The van der Waals surface area contributed by atoms with E-state index in [9.17, 15) is 9.59 Å². The smallest absolute Gasteiger partial charge is 0.350 e. The molecular weight excluding hydrogens is 657 g/mol. The Morgan fingerprint density at radius 1 is 0.891 bits per heavy atom. The number of anilines is 2. The molecule has 0 bridgehead atoms. The van der Waals surface area contributed by atoms with Crippen molar-refractivity contribution >= 4 is 74.0 Å². The number of esters is 1. The molecule has 5 aromatic rings. The first kappa shape index (κ1) is 33.4. The Kier molecular flexibility index (Phi) is 12.0. The summed E-state index contributed by atoms with van der Waals surface area (Å²) in [5.41, 5.74) is 11.2. The summed E-state index contributed by atoms with van der Waals surface area (Å²) >= 11 is 6.63. The number of fused-ring (bicyclic) bond motifs is 1. The fraction of sp³-hybridized carbons (Fsp3) is 0.273. The van der Waals surface area contributed by atoms with E-state index >= 15 is 0 Å². The lowest BCUT2D eigenvalue weighted by molar-refractivity contribution is 0.0607. The number of benzene rings is 2. The van der Waals surface area contributed by atoms with Gasteiger partial charge in [0.25, 0.3) is 5.56 Å². The molecule has 2 saturated heterocycles. The average Bonchev–Trinajstić information content (AvgIpc) is 3.74. The highest BCUT2D eigenvalue weighted by Crippen LogP contribution is 2.34. The summed E-state index contributed by atoms with van der Waals surface area (Å²) in [6, 6.07) is 19.8. The number of aromatic amines is 1. The Labute approximate surface area is 284 Å². The van der Waals surface area contributed by atoms with Crippen molar-refractivity contribution in [3.63, 3.8) is 0 Å². The summed E-state index contributed by atoms with van der Waals surface area (Å²) in [7, 11) is 1.35. The van der Waals surface area contributed by atoms with Gasteiger partial charge < -0.3 is 20.3 Å². The zero-order valence-corrected chi connectivity index (χ0v) is 28.6. The van der Waals surface area contributed by atoms with Gasteiger partial charge in [-0.3, -0.25) is 9.78 Å². The SMILES string of the molecule is COC(=O)c1scc(-c2ccccc2)c1N.N#CN1CCSCC1.O=c1[nH]c(N2CCSCC2)nc2c(-c3ccccc3)csc12. The molecule has 2 aliphatic heterocycles. The van der Waals surface area contributed by atoms with Gasteiger partial charge in [-0.25, -0.2) is 9.78 Å². The van der Waals surface area contributed by atoms with Crippen LogP contribution in [0.1, 0.15) is 9.67 Å². The van der Waals surface area contributed by atoms with E-state index in [2.05, 4.69) is 32.9 Å². The van der Waals surface area contributed by atoms with Gasteiger partial charge >= 0.3 is 5.97 Å². The fourth-order valence-electron chi connectivity index (χ4n) is 4.79. The van der Waals surface area contributed by atoms with E-state index in [1.807, 2.05) is 82.8 Å². The number of hydrogen-bond acceptors (Lipinski definition) is 12. The second-order valence-corrected chi connectivity index (χ2v) is 14.3. The monoisotopic (exact) mass is 690 g/mol. The maximum atomic E-state index is 12.4. The molecular formula is C33H34N6O3S4. The largest absolute Gasteiger partial charge is 0.465 e. The molecule has 0 saturated carbocycles. The topological polar surface area (TPSA) is 128 Å². The lowest BCUT2D eigenvalue weighted by atomic mass is 10.1. The van der Waals surface area contributed by atoms with E-state index in [-0.39, 0.29) is 11.5 Å². The summed E-state index contributed by atoms with van der Waals surface area (Å²) in [4.78, 5) is 35.9. The van der Waals surface area contributed by atoms with Crippen molar-refractivity contribution in [1.82, 2.24) is 14.9 Å². The minimum Gasteiger partial charge on any atom is -0.465 e. The molecule has 9 nitrogen and oxygen atoms in total. The number of aromatic nitrogens is 2. The molecule has 3 N–H and O–H groups in total. The highest BCUT2D eigenvalue weighted by atomic mass is 32.2. The van der Waals surface area contributed by atoms with Crippen LogP contribution in [0, 0.1) is 11.5 Å². The molecule has 0 radical (unpaired) electrons. The van der Waals surface area contributed by atoms with Crippen molar-refractivity contribution < 1.29 is 9.53 Å². The first-order chi connectivity index (χ1) is 22.5. The van der Waals surface area contributed by atoms with E-state index in [4.69, 9.17) is 16.0 Å². The average molecular weight is 691 g/mol. The van der Waals surface area contributed by atoms with Gasteiger partial charge in [-0.2, -0.15) is 28.8 Å². The highest BCUT2D eigenvalue weighted by molar-refractivity contribution is 7.99. The van der Waals surface area contributed by atoms with E-state index in [1.165, 1.54) is 29.8 Å². The number of carbonyl (C=O) groups is 1. The van der Waals surface area contributed by atoms with Gasteiger partial charge in [-0.15, -0.1) is 22.7 Å². The molecule has 13 heteroatoms. The molecule has 2 fully saturated rings. The molecule has 0 amide bonds. The number of methoxy groups -OCH3 is 1. The number of nitrogens with one attached hydrogen (secondary N) is 1. The van der Waals surface area contributed by atoms with Crippen LogP contribution in [-0.4, -0.2) is 77.1 Å². The number of thiophene rings is 2. The number of thioether (sulfide) groups is 2. The third-order valence-electron chi connectivity index (χ3n) is 7.25. The Morgan fingerprint density at radius 3 is 2.02 bits per heavy atom. The number of nitriles is 1. The lowest BCUT2D eigenvalue weighted by Crippen LogP contribution is -2.34. The number of hydrogen-bond donors (Lipinski definition) is 2. The molecule has 3 aromatic heterocycles. The molecule has 5 heterocycles. The Balaban J connectivity index is 0.000000152. The van der Waals surface area contributed by atoms with Gasteiger partial charge in [0.05, 0.1) is 18.3 Å². The van der Waals surface area contributed by atoms with Gasteiger partial charge in [0.1, 0.15) is 9.58 Å². The van der Waals surface area contributed by atoms with E-state index in [1.54, 1.807) is 4.90 Å². The summed E-state index contributed by atoms with van der Waals surface area (Å²) in [6.07, 6.45) is 2.12. The Morgan fingerprint density at radius 2 is 1.46 bits per heavy atom. The van der Waals surface area contributed by atoms with Crippen LogP contribution >= 0.6 is 46.2 Å². The van der Waals surface area contributed by atoms with Gasteiger partial charge in [0.2, 0.25) is 5.95 Å². The zero-order valence-electron chi connectivity index (χ0n) is 25.3. The summed E-state index contributed by atoms with van der Waals surface area (Å²) in [5, 5.41) is 12.3. The van der Waals surface area contributed by atoms with Crippen molar-refractivity contribution in [1.29, 1.82) is 5.26 Å². The van der Waals surface area contributed by atoms with Crippen molar-refractivity contribution in [2.45, 2.75) is 0 Å². The molecule has 0 spiro atoms. The Hall–Kier alpha value is -3.96.